The Bertz CT molecular complexity index is 5840. The fourth-order valence-corrected chi connectivity index (χ4v) is 12.6. The van der Waals surface area contributed by atoms with E-state index in [0.717, 1.165) is 32.7 Å². The number of hydrogen-bond acceptors (Lipinski definition) is 24. The molecule has 0 atom stereocenters. The van der Waals surface area contributed by atoms with Crippen LogP contribution < -0.4 is 56.1 Å². The number of H-pyrrole nitrogens is 4. The molecule has 16 bridgehead atoms. The third-order valence-electron chi connectivity index (χ3n) is 16.9. The molecule has 0 radical (unpaired) electrons. The van der Waals surface area contributed by atoms with Gasteiger partial charge in [0.15, 0.2) is 46.6 Å². The molecule has 8 aromatic carbocycles. The van der Waals surface area contributed by atoms with Crippen molar-refractivity contribution in [2.75, 3.05) is 45.9 Å². The number of rotatable bonds is 2. The first-order valence-corrected chi connectivity index (χ1v) is 28.8. The Morgan fingerprint density at radius 2 is 0.526 bits per heavy atom. The SMILES string of the molecule is Nc1cccc2c1-c1nc-2nc2[nH]c(nc3nc(nc4[nH]c(n1)c1c(N)c(N)c(N)c(C(=O)[O-])c41)-c1ccccc1-3)c1ccccc21.Nc1cccc2c1-c1nc-2nc2[nH]c(nc3nc(nc4[nH]c(n1)c1c(N)c(N)c(N)c(C(=O)[O-])c41)-c1ccccc1-3)c1ccccc21.[Ni+2]. The summed E-state index contributed by atoms with van der Waals surface area (Å²) in [6.45, 7) is 0. The van der Waals surface area contributed by atoms with Crippen LogP contribution in [0.15, 0.2) is 133 Å². The molecule has 0 fully saturated rings. The number of carbonyl (C=O) groups excluding carboxylic acids is 2. The standard InChI is InChI=1S/2C33H22N12O2.Ni/c2*34-17-11-5-10-16-18(17)30-43-29(16)41-27-13-7-2-1-6-12(13)25(39-27)38-26-14-8-3-4-9-15(14)28(40-26)42-31-19-20(32(44-30)45-31)22(35)24(37)23(36)21(19)33(46)47;/h2*1-11H,34-37H2,(H,46,47)(H2,38,39,40,41,42,43,44,45);/q;;+2/p-2. The first kappa shape index (κ1) is 56.5. The number of carboxylic acid groups (broad SMARTS) is 2. The molecule has 6 aromatic heterocycles. The number of carboxylic acids is 2. The van der Waals surface area contributed by atoms with Crippen LogP contribution in [0.1, 0.15) is 20.7 Å². The van der Waals surface area contributed by atoms with E-state index in [1.807, 2.05) is 109 Å². The maximum absolute atomic E-state index is 12.6. The summed E-state index contributed by atoms with van der Waals surface area (Å²) in [5.41, 5.74) is 57.8. The number of aromatic carboxylic acids is 2. The summed E-state index contributed by atoms with van der Waals surface area (Å²) in [7, 11) is 0. The summed E-state index contributed by atoms with van der Waals surface area (Å²) in [5.74, 6) is -0.701. The van der Waals surface area contributed by atoms with E-state index in [4.69, 9.17) is 106 Å². The van der Waals surface area contributed by atoms with Crippen LogP contribution in [0.5, 0.6) is 0 Å². The van der Waals surface area contributed by atoms with Gasteiger partial charge in [-0.15, -0.1) is 0 Å². The van der Waals surface area contributed by atoms with Gasteiger partial charge in [0.25, 0.3) is 0 Å². The minimum atomic E-state index is -1.57. The number of fused-ring (bicyclic) bond motifs is 40. The number of benzene rings is 8. The van der Waals surface area contributed by atoms with Crippen molar-refractivity contribution < 1.29 is 36.3 Å². The topological polar surface area (TPSA) is 506 Å². The molecule has 14 aromatic rings. The molecular formula is C66H42N24NiO4. The zero-order valence-electron chi connectivity index (χ0n) is 48.6. The van der Waals surface area contributed by atoms with Gasteiger partial charge >= 0.3 is 16.5 Å². The Morgan fingerprint density at radius 3 is 0.853 bits per heavy atom. The van der Waals surface area contributed by atoms with Gasteiger partial charge in [0.1, 0.15) is 45.2 Å². The number of hydrogen-bond donors (Lipinski definition) is 12. The predicted molar refractivity (Wildman–Crippen MR) is 356 cm³/mol. The normalized spacial score (nSPS) is 11.8. The van der Waals surface area contributed by atoms with E-state index in [2.05, 4.69) is 19.9 Å². The first-order valence-electron chi connectivity index (χ1n) is 28.8. The zero-order valence-corrected chi connectivity index (χ0v) is 49.6. The van der Waals surface area contributed by atoms with Crippen LogP contribution in [0.25, 0.3) is 179 Å². The van der Waals surface area contributed by atoms with Crippen molar-refractivity contribution in [3.05, 3.63) is 145 Å². The van der Waals surface area contributed by atoms with Crippen molar-refractivity contribution >= 4 is 146 Å². The fraction of sp³-hybridized carbons (Fsp3) is 0. The van der Waals surface area contributed by atoms with E-state index in [9.17, 15) is 19.8 Å². The summed E-state index contributed by atoms with van der Waals surface area (Å²) < 4.78 is 0. The van der Waals surface area contributed by atoms with E-state index in [1.165, 1.54) is 0 Å². The summed E-state index contributed by atoms with van der Waals surface area (Å²) in [6, 6.07) is 41.1. The molecule has 4 aliphatic rings. The largest absolute Gasteiger partial charge is 2.00 e. The minimum Gasteiger partial charge on any atom is -0.545 e. The molecule has 0 amide bonds. The molecule has 10 heterocycles. The van der Waals surface area contributed by atoms with E-state index < -0.39 is 11.9 Å². The molecule has 0 unspecified atom stereocenters. The average Bonchev–Trinajstić information content (AvgIpc) is 1.61. The van der Waals surface area contributed by atoms with Crippen LogP contribution >= 0.6 is 0 Å². The minimum absolute atomic E-state index is 0. The van der Waals surface area contributed by atoms with Gasteiger partial charge in [-0.3, -0.25) is 0 Å². The molecule has 20 N–H and O–H groups in total. The van der Waals surface area contributed by atoms with Crippen LogP contribution in [0.2, 0.25) is 0 Å². The van der Waals surface area contributed by atoms with Crippen molar-refractivity contribution in [2.24, 2.45) is 0 Å². The van der Waals surface area contributed by atoms with E-state index in [1.54, 1.807) is 24.3 Å². The van der Waals surface area contributed by atoms with Crippen molar-refractivity contribution in [1.82, 2.24) is 79.7 Å². The van der Waals surface area contributed by atoms with Crippen molar-refractivity contribution in [1.29, 1.82) is 0 Å². The number of nitrogen functional groups attached to an aromatic ring is 8. The van der Waals surface area contributed by atoms with Gasteiger partial charge in [-0.25, -0.2) is 59.8 Å². The van der Waals surface area contributed by atoms with Gasteiger partial charge < -0.3 is 85.6 Å². The quantitative estimate of drug-likeness (QED) is 0.0605. The molecule has 18 rings (SSSR count). The number of anilines is 8. The monoisotopic (exact) mass is 1290 g/mol. The van der Waals surface area contributed by atoms with Gasteiger partial charge in [0, 0.05) is 88.2 Å². The van der Waals surface area contributed by atoms with Gasteiger partial charge in [-0.1, -0.05) is 121 Å². The smallest absolute Gasteiger partial charge is 0.545 e. The van der Waals surface area contributed by atoms with Crippen LogP contribution in [-0.4, -0.2) is 91.7 Å². The van der Waals surface area contributed by atoms with Gasteiger partial charge in [-0.05, 0) is 12.1 Å². The van der Waals surface area contributed by atoms with Crippen molar-refractivity contribution in [3.8, 4) is 91.1 Å². The Kier molecular flexibility index (Phi) is 12.3. The predicted octanol–water partition coefficient (Wildman–Crippen LogP) is 7.12. The average molecular weight is 1290 g/mol. The summed E-state index contributed by atoms with van der Waals surface area (Å²) in [6.07, 6.45) is 0. The molecule has 29 heteroatoms. The number of nitrogens with zero attached hydrogens (tertiary/aromatic N) is 12. The second-order valence-corrected chi connectivity index (χ2v) is 22.2. The second-order valence-electron chi connectivity index (χ2n) is 22.2. The maximum Gasteiger partial charge on any atom is 2.00 e. The molecule has 4 aliphatic heterocycles. The van der Waals surface area contributed by atoms with Gasteiger partial charge in [0.05, 0.1) is 68.0 Å². The molecule has 460 valence electrons. The first-order chi connectivity index (χ1) is 45.6. The fourth-order valence-electron chi connectivity index (χ4n) is 12.6. The van der Waals surface area contributed by atoms with Gasteiger partial charge in [0.2, 0.25) is 0 Å². The summed E-state index contributed by atoms with van der Waals surface area (Å²) >= 11 is 0. The molecule has 95 heavy (non-hydrogen) atoms. The van der Waals surface area contributed by atoms with Crippen molar-refractivity contribution in [2.45, 2.75) is 0 Å². The number of carbonyl (C=O) groups is 2. The third kappa shape index (κ3) is 8.39. The van der Waals surface area contributed by atoms with Crippen LogP contribution in [0.4, 0.5) is 45.5 Å². The number of aromatic nitrogens is 16. The molecule has 0 spiro atoms. The summed E-state index contributed by atoms with van der Waals surface area (Å²) in [4.78, 5) is 96.3. The van der Waals surface area contributed by atoms with E-state index in [-0.39, 0.29) is 129 Å². The molecule has 0 saturated carbocycles. The maximum atomic E-state index is 12.6. The zero-order chi connectivity index (χ0) is 64.3. The Hall–Kier alpha value is -13.7. The second kappa shape index (κ2) is 20.7. The third-order valence-corrected chi connectivity index (χ3v) is 16.9. The van der Waals surface area contributed by atoms with Gasteiger partial charge in [-0.2, -0.15) is 0 Å². The molecule has 28 nitrogen and oxygen atoms in total. The Balaban J connectivity index is 0.000000148. The van der Waals surface area contributed by atoms with Crippen LogP contribution in [0, 0.1) is 0 Å². The summed E-state index contributed by atoms with van der Waals surface area (Å²) in [5, 5.41) is 28.9. The number of nitrogens with one attached hydrogen (secondary N) is 4. The van der Waals surface area contributed by atoms with E-state index >= 15 is 0 Å². The number of aromatic amines is 4. The van der Waals surface area contributed by atoms with Crippen LogP contribution in [-0.2, 0) is 16.5 Å². The van der Waals surface area contributed by atoms with Crippen LogP contribution in [0.3, 0.4) is 0 Å². The Labute approximate surface area is 540 Å². The number of nitrogens with two attached hydrogens (primary N) is 8. The molecular weight excluding hydrogens is 1250 g/mol. The Morgan fingerprint density at radius 1 is 0.274 bits per heavy atom. The van der Waals surface area contributed by atoms with E-state index in [0.29, 0.717) is 90.6 Å². The molecule has 0 saturated heterocycles. The molecule has 0 aliphatic carbocycles. The van der Waals surface area contributed by atoms with Crippen molar-refractivity contribution in [3.63, 3.8) is 0 Å².